The van der Waals surface area contributed by atoms with Crippen LogP contribution < -0.4 is 5.32 Å². The van der Waals surface area contributed by atoms with Crippen molar-refractivity contribution in [1.29, 1.82) is 0 Å². The predicted molar refractivity (Wildman–Crippen MR) is 120 cm³/mol. The van der Waals surface area contributed by atoms with Gasteiger partial charge in [-0.2, -0.15) is 0 Å². The van der Waals surface area contributed by atoms with E-state index in [9.17, 15) is 14.7 Å². The SMILES string of the molecule is Cc1cc(C(C)(C)C)c(C(=O)O)c(Cc2ccccc2)c1NC(=O)c1ccccc1. The van der Waals surface area contributed by atoms with E-state index in [2.05, 4.69) is 5.32 Å². The number of amides is 1. The molecule has 0 bridgehead atoms. The molecule has 0 unspecified atom stereocenters. The number of benzene rings is 3. The van der Waals surface area contributed by atoms with E-state index in [1.807, 2.05) is 70.2 Å². The first kappa shape index (κ1) is 21.3. The number of hydrogen-bond acceptors (Lipinski definition) is 2. The first-order chi connectivity index (χ1) is 14.2. The second-order valence-electron chi connectivity index (χ2n) is 8.51. The molecule has 3 rings (SSSR count). The molecule has 2 N–H and O–H groups in total. The summed E-state index contributed by atoms with van der Waals surface area (Å²) in [5, 5.41) is 13.1. The predicted octanol–water partition coefficient (Wildman–Crippen LogP) is 5.83. The number of aryl methyl sites for hydroxylation is 1. The molecule has 0 aliphatic carbocycles. The Hall–Kier alpha value is -3.40. The second kappa shape index (κ2) is 8.54. The minimum absolute atomic E-state index is 0.257. The van der Waals surface area contributed by atoms with Crippen molar-refractivity contribution in [1.82, 2.24) is 0 Å². The summed E-state index contributed by atoms with van der Waals surface area (Å²) < 4.78 is 0. The van der Waals surface area contributed by atoms with E-state index in [1.54, 1.807) is 24.3 Å². The van der Waals surface area contributed by atoms with Crippen LogP contribution in [0.5, 0.6) is 0 Å². The van der Waals surface area contributed by atoms with E-state index in [0.717, 1.165) is 16.7 Å². The van der Waals surface area contributed by atoms with E-state index in [4.69, 9.17) is 0 Å². The standard InChI is InChI=1S/C26H27NO3/c1-17-15-21(26(2,3)4)22(25(29)30)20(16-18-11-7-5-8-12-18)23(17)27-24(28)19-13-9-6-10-14-19/h5-15H,16H2,1-4H3,(H,27,28)(H,29,30). The average Bonchev–Trinajstić information content (AvgIpc) is 2.70. The van der Waals surface area contributed by atoms with Crippen LogP contribution in [0.2, 0.25) is 0 Å². The molecule has 0 fully saturated rings. The number of carbonyl (C=O) groups excluding carboxylic acids is 1. The third-order valence-electron chi connectivity index (χ3n) is 5.15. The molecule has 4 heteroatoms. The molecule has 1 amide bonds. The zero-order valence-corrected chi connectivity index (χ0v) is 17.8. The van der Waals surface area contributed by atoms with Crippen molar-refractivity contribution in [3.05, 3.63) is 100 Å². The van der Waals surface area contributed by atoms with Gasteiger partial charge >= 0.3 is 5.97 Å². The van der Waals surface area contributed by atoms with Crippen LogP contribution >= 0.6 is 0 Å². The molecule has 154 valence electrons. The highest BCUT2D eigenvalue weighted by Gasteiger charge is 2.28. The monoisotopic (exact) mass is 401 g/mol. The maximum absolute atomic E-state index is 12.9. The Bertz CT molecular complexity index is 1060. The lowest BCUT2D eigenvalue weighted by Crippen LogP contribution is -2.22. The van der Waals surface area contributed by atoms with Gasteiger partial charge in [-0.25, -0.2) is 4.79 Å². The van der Waals surface area contributed by atoms with Crippen LogP contribution in [0, 0.1) is 6.92 Å². The number of carboxylic acid groups (broad SMARTS) is 1. The van der Waals surface area contributed by atoms with Crippen molar-refractivity contribution in [3.8, 4) is 0 Å². The zero-order valence-electron chi connectivity index (χ0n) is 17.8. The maximum Gasteiger partial charge on any atom is 0.336 e. The first-order valence-electron chi connectivity index (χ1n) is 9.99. The molecule has 0 atom stereocenters. The molecule has 0 radical (unpaired) electrons. The second-order valence-corrected chi connectivity index (χ2v) is 8.51. The molecule has 0 aromatic heterocycles. The lowest BCUT2D eigenvalue weighted by Gasteiger charge is -2.27. The Kier molecular flexibility index (Phi) is 6.06. The van der Waals surface area contributed by atoms with Crippen molar-refractivity contribution in [2.24, 2.45) is 0 Å². The van der Waals surface area contributed by atoms with Gasteiger partial charge in [0.15, 0.2) is 0 Å². The molecule has 0 saturated heterocycles. The Morgan fingerprint density at radius 3 is 2.03 bits per heavy atom. The van der Waals surface area contributed by atoms with E-state index in [-0.39, 0.29) is 16.9 Å². The van der Waals surface area contributed by atoms with Gasteiger partial charge in [-0.15, -0.1) is 0 Å². The van der Waals surface area contributed by atoms with Crippen LogP contribution in [-0.2, 0) is 11.8 Å². The number of anilines is 1. The Balaban J connectivity index is 2.20. The number of rotatable bonds is 5. The summed E-state index contributed by atoms with van der Waals surface area (Å²) in [5.41, 5.74) is 4.23. The van der Waals surface area contributed by atoms with Crippen LogP contribution in [0.4, 0.5) is 5.69 Å². The number of carboxylic acids is 1. The summed E-state index contributed by atoms with van der Waals surface area (Å²) in [4.78, 5) is 25.3. The number of carbonyl (C=O) groups is 2. The van der Waals surface area contributed by atoms with Gasteiger partial charge in [-0.05, 0) is 46.7 Å². The van der Waals surface area contributed by atoms with Crippen molar-refractivity contribution in [3.63, 3.8) is 0 Å². The topological polar surface area (TPSA) is 66.4 Å². The third kappa shape index (κ3) is 4.60. The average molecular weight is 402 g/mol. The molecule has 0 aliphatic heterocycles. The minimum atomic E-state index is -0.985. The van der Waals surface area contributed by atoms with Crippen molar-refractivity contribution >= 4 is 17.6 Å². The molecular weight excluding hydrogens is 374 g/mol. The van der Waals surface area contributed by atoms with Crippen LogP contribution in [0.25, 0.3) is 0 Å². The van der Waals surface area contributed by atoms with Gasteiger partial charge in [0.05, 0.1) is 5.56 Å². The van der Waals surface area contributed by atoms with Crippen LogP contribution in [0.15, 0.2) is 66.7 Å². The lowest BCUT2D eigenvalue weighted by atomic mass is 9.79. The van der Waals surface area contributed by atoms with Crippen molar-refractivity contribution < 1.29 is 14.7 Å². The summed E-state index contributed by atoms with van der Waals surface area (Å²) in [6.07, 6.45) is 0.414. The normalized spacial score (nSPS) is 11.2. The molecule has 0 saturated carbocycles. The van der Waals surface area contributed by atoms with Gasteiger partial charge in [0.2, 0.25) is 0 Å². The largest absolute Gasteiger partial charge is 0.478 e. The highest BCUT2D eigenvalue weighted by molar-refractivity contribution is 6.06. The van der Waals surface area contributed by atoms with Gasteiger partial charge < -0.3 is 10.4 Å². The molecule has 4 nitrogen and oxygen atoms in total. The van der Waals surface area contributed by atoms with Crippen LogP contribution in [-0.4, -0.2) is 17.0 Å². The minimum Gasteiger partial charge on any atom is -0.478 e. The van der Waals surface area contributed by atoms with Crippen molar-refractivity contribution in [2.45, 2.75) is 39.5 Å². The quantitative estimate of drug-likeness (QED) is 0.565. The van der Waals surface area contributed by atoms with Gasteiger partial charge in [0.25, 0.3) is 5.91 Å². The Labute approximate surface area is 177 Å². The van der Waals surface area contributed by atoms with Gasteiger partial charge in [0, 0.05) is 17.7 Å². The van der Waals surface area contributed by atoms with Crippen LogP contribution in [0.3, 0.4) is 0 Å². The summed E-state index contributed by atoms with van der Waals surface area (Å²) in [6, 6.07) is 20.5. The van der Waals surface area contributed by atoms with Gasteiger partial charge in [-0.3, -0.25) is 4.79 Å². The molecule has 3 aromatic rings. The van der Waals surface area contributed by atoms with E-state index >= 15 is 0 Å². The molecule has 3 aromatic carbocycles. The summed E-state index contributed by atoms with van der Waals surface area (Å²) in [5.74, 6) is -1.24. The highest BCUT2D eigenvalue weighted by atomic mass is 16.4. The smallest absolute Gasteiger partial charge is 0.336 e. The van der Waals surface area contributed by atoms with E-state index in [0.29, 0.717) is 23.2 Å². The number of hydrogen-bond donors (Lipinski definition) is 2. The highest BCUT2D eigenvalue weighted by Crippen LogP contribution is 2.36. The van der Waals surface area contributed by atoms with Gasteiger partial charge in [-0.1, -0.05) is 75.4 Å². The molecule has 30 heavy (non-hydrogen) atoms. The van der Waals surface area contributed by atoms with Crippen LogP contribution in [0.1, 0.15) is 63.7 Å². The summed E-state index contributed by atoms with van der Waals surface area (Å²) in [7, 11) is 0. The van der Waals surface area contributed by atoms with E-state index < -0.39 is 5.97 Å². The third-order valence-corrected chi connectivity index (χ3v) is 5.15. The fraction of sp³-hybridized carbons (Fsp3) is 0.231. The molecule has 0 aliphatic rings. The fourth-order valence-corrected chi connectivity index (χ4v) is 3.65. The first-order valence-corrected chi connectivity index (χ1v) is 9.99. The molecular formula is C26H27NO3. The molecule has 0 spiro atoms. The Morgan fingerprint density at radius 2 is 1.50 bits per heavy atom. The lowest BCUT2D eigenvalue weighted by molar-refractivity contribution is 0.0692. The fourth-order valence-electron chi connectivity index (χ4n) is 3.65. The Morgan fingerprint density at radius 1 is 0.933 bits per heavy atom. The van der Waals surface area contributed by atoms with Gasteiger partial charge in [0.1, 0.15) is 0 Å². The summed E-state index contributed by atoms with van der Waals surface area (Å²) >= 11 is 0. The molecule has 0 heterocycles. The number of nitrogens with one attached hydrogen (secondary N) is 1. The van der Waals surface area contributed by atoms with Crippen molar-refractivity contribution in [2.75, 3.05) is 5.32 Å². The van der Waals surface area contributed by atoms with E-state index in [1.165, 1.54) is 0 Å². The summed E-state index contributed by atoms with van der Waals surface area (Å²) in [6.45, 7) is 7.92. The number of aromatic carboxylic acids is 1. The zero-order chi connectivity index (χ0) is 21.9. The maximum atomic E-state index is 12.9.